The molecule has 4 heteroatoms. The van der Waals surface area contributed by atoms with Crippen LogP contribution < -0.4 is 5.32 Å². The number of rotatable bonds is 4. The largest absolute Gasteiger partial charge is 0.373 e. The van der Waals surface area contributed by atoms with Gasteiger partial charge in [0.2, 0.25) is 0 Å². The molecular formula is C17H18N4. The van der Waals surface area contributed by atoms with E-state index in [1.165, 1.54) is 0 Å². The number of hydrogen-bond donors (Lipinski definition) is 1. The Morgan fingerprint density at radius 1 is 1.10 bits per heavy atom. The molecule has 3 rings (SSSR count). The number of hydrogen-bond acceptors (Lipinski definition) is 4. The monoisotopic (exact) mass is 278 g/mol. The molecule has 0 aliphatic rings. The molecule has 0 radical (unpaired) electrons. The molecule has 0 amide bonds. The fourth-order valence-electron chi connectivity index (χ4n) is 2.42. The van der Waals surface area contributed by atoms with Crippen LogP contribution >= 0.6 is 0 Å². The number of pyridine rings is 1. The quantitative estimate of drug-likeness (QED) is 0.791. The molecular weight excluding hydrogens is 260 g/mol. The summed E-state index contributed by atoms with van der Waals surface area (Å²) in [7, 11) is 1.88. The molecule has 0 saturated carbocycles. The Balaban J connectivity index is 2.20. The van der Waals surface area contributed by atoms with E-state index in [-0.39, 0.29) is 0 Å². The molecule has 0 fully saturated rings. The highest BCUT2D eigenvalue weighted by molar-refractivity contribution is 5.95. The molecule has 4 nitrogen and oxygen atoms in total. The highest BCUT2D eigenvalue weighted by atomic mass is 15.0. The molecule has 2 heterocycles. The van der Waals surface area contributed by atoms with Gasteiger partial charge in [-0.2, -0.15) is 0 Å². The molecule has 106 valence electrons. The summed E-state index contributed by atoms with van der Waals surface area (Å²) in [6.45, 7) is 2.13. The summed E-state index contributed by atoms with van der Waals surface area (Å²) in [6, 6.07) is 10.2. The lowest BCUT2D eigenvalue weighted by atomic mass is 10.1. The number of benzene rings is 1. The molecule has 0 atom stereocenters. The van der Waals surface area contributed by atoms with Crippen molar-refractivity contribution in [3.8, 4) is 11.3 Å². The second-order valence-electron chi connectivity index (χ2n) is 4.96. The van der Waals surface area contributed by atoms with Crippen LogP contribution in [0, 0.1) is 0 Å². The Labute approximate surface area is 124 Å². The maximum Gasteiger partial charge on any atom is 0.131 e. The van der Waals surface area contributed by atoms with E-state index in [2.05, 4.69) is 34.3 Å². The lowest BCUT2D eigenvalue weighted by molar-refractivity contribution is 0.838. The number of anilines is 1. The van der Waals surface area contributed by atoms with Crippen molar-refractivity contribution in [3.63, 3.8) is 0 Å². The summed E-state index contributed by atoms with van der Waals surface area (Å²) in [5.41, 5.74) is 1.96. The number of fused-ring (bicyclic) bond motifs is 1. The van der Waals surface area contributed by atoms with E-state index in [4.69, 9.17) is 4.98 Å². The van der Waals surface area contributed by atoms with Gasteiger partial charge in [0.15, 0.2) is 0 Å². The molecule has 0 spiro atoms. The number of aryl methyl sites for hydroxylation is 1. The van der Waals surface area contributed by atoms with Gasteiger partial charge in [-0.3, -0.25) is 4.98 Å². The predicted octanol–water partition coefficient (Wildman–Crippen LogP) is 3.69. The fraction of sp³-hybridized carbons (Fsp3) is 0.235. The third kappa shape index (κ3) is 2.70. The van der Waals surface area contributed by atoms with E-state index in [1.54, 1.807) is 0 Å². The standard InChI is InChI=1S/C17H18N4/c1-3-6-16-20-15(9-17(18-2)21-16)14-11-19-10-12-7-4-5-8-13(12)14/h4-5,7-11H,3,6H2,1-2H3,(H,18,20,21). The van der Waals surface area contributed by atoms with Gasteiger partial charge in [0.05, 0.1) is 5.69 Å². The number of nitrogens with one attached hydrogen (secondary N) is 1. The predicted molar refractivity (Wildman–Crippen MR) is 86.3 cm³/mol. The van der Waals surface area contributed by atoms with Gasteiger partial charge in [-0.1, -0.05) is 31.2 Å². The lowest BCUT2D eigenvalue weighted by Crippen LogP contribution is -2.02. The van der Waals surface area contributed by atoms with Crippen LogP contribution in [0.3, 0.4) is 0 Å². The minimum Gasteiger partial charge on any atom is -0.373 e. The van der Waals surface area contributed by atoms with Gasteiger partial charge < -0.3 is 5.32 Å². The molecule has 1 aromatic carbocycles. The molecule has 0 saturated heterocycles. The van der Waals surface area contributed by atoms with Crippen LogP contribution in [0.5, 0.6) is 0 Å². The lowest BCUT2D eigenvalue weighted by Gasteiger charge is -2.09. The van der Waals surface area contributed by atoms with Crippen LogP contribution in [0.2, 0.25) is 0 Å². The first-order valence-corrected chi connectivity index (χ1v) is 7.20. The molecule has 3 aromatic rings. The van der Waals surface area contributed by atoms with Gasteiger partial charge in [0.25, 0.3) is 0 Å². The van der Waals surface area contributed by atoms with Gasteiger partial charge in [-0.05, 0) is 11.8 Å². The number of nitrogens with zero attached hydrogens (tertiary/aromatic N) is 3. The van der Waals surface area contributed by atoms with Crippen molar-refractivity contribution >= 4 is 16.6 Å². The molecule has 0 unspecified atom stereocenters. The molecule has 2 aromatic heterocycles. The van der Waals surface area contributed by atoms with Gasteiger partial charge in [-0.15, -0.1) is 0 Å². The van der Waals surface area contributed by atoms with Crippen molar-refractivity contribution in [2.45, 2.75) is 19.8 Å². The Morgan fingerprint density at radius 2 is 1.95 bits per heavy atom. The smallest absolute Gasteiger partial charge is 0.131 e. The van der Waals surface area contributed by atoms with E-state index in [9.17, 15) is 0 Å². The molecule has 0 aliphatic carbocycles. The van der Waals surface area contributed by atoms with Gasteiger partial charge in [-0.25, -0.2) is 9.97 Å². The van der Waals surface area contributed by atoms with Gasteiger partial charge in [0.1, 0.15) is 11.6 Å². The van der Waals surface area contributed by atoms with E-state index in [1.807, 2.05) is 37.6 Å². The van der Waals surface area contributed by atoms with Crippen molar-refractivity contribution in [1.82, 2.24) is 15.0 Å². The topological polar surface area (TPSA) is 50.7 Å². The summed E-state index contributed by atoms with van der Waals surface area (Å²) in [4.78, 5) is 13.5. The maximum absolute atomic E-state index is 4.70. The van der Waals surface area contributed by atoms with Crippen molar-refractivity contribution in [2.24, 2.45) is 0 Å². The Kier molecular flexibility index (Phi) is 3.77. The van der Waals surface area contributed by atoms with Crippen molar-refractivity contribution in [1.29, 1.82) is 0 Å². The normalized spacial score (nSPS) is 10.8. The Bertz CT molecular complexity index is 762. The first-order chi connectivity index (χ1) is 10.3. The van der Waals surface area contributed by atoms with Crippen LogP contribution in [0.1, 0.15) is 19.2 Å². The molecule has 0 aliphatic heterocycles. The summed E-state index contributed by atoms with van der Waals surface area (Å²) in [5, 5.41) is 5.40. The zero-order valence-electron chi connectivity index (χ0n) is 12.3. The van der Waals surface area contributed by atoms with E-state index in [0.29, 0.717) is 0 Å². The number of aromatic nitrogens is 3. The molecule has 21 heavy (non-hydrogen) atoms. The summed E-state index contributed by atoms with van der Waals surface area (Å²) < 4.78 is 0. The van der Waals surface area contributed by atoms with Crippen molar-refractivity contribution < 1.29 is 0 Å². The van der Waals surface area contributed by atoms with Crippen molar-refractivity contribution in [2.75, 3.05) is 12.4 Å². The first kappa shape index (κ1) is 13.5. The average molecular weight is 278 g/mol. The van der Waals surface area contributed by atoms with E-state index in [0.717, 1.165) is 46.5 Å². The van der Waals surface area contributed by atoms with Crippen LogP contribution in [0.25, 0.3) is 22.0 Å². The second kappa shape index (κ2) is 5.87. The van der Waals surface area contributed by atoms with Gasteiger partial charge in [0, 0.05) is 42.9 Å². The minimum atomic E-state index is 0.844. The molecule has 1 N–H and O–H groups in total. The zero-order valence-corrected chi connectivity index (χ0v) is 12.3. The van der Waals surface area contributed by atoms with E-state index >= 15 is 0 Å². The fourth-order valence-corrected chi connectivity index (χ4v) is 2.42. The van der Waals surface area contributed by atoms with E-state index < -0.39 is 0 Å². The van der Waals surface area contributed by atoms with Gasteiger partial charge >= 0.3 is 0 Å². The third-order valence-electron chi connectivity index (χ3n) is 3.45. The molecule has 0 bridgehead atoms. The summed E-state index contributed by atoms with van der Waals surface area (Å²) in [5.74, 6) is 1.71. The second-order valence-corrected chi connectivity index (χ2v) is 4.96. The van der Waals surface area contributed by atoms with Crippen LogP contribution in [-0.4, -0.2) is 22.0 Å². The zero-order chi connectivity index (χ0) is 14.7. The first-order valence-electron chi connectivity index (χ1n) is 7.20. The highest BCUT2D eigenvalue weighted by Gasteiger charge is 2.09. The maximum atomic E-state index is 4.70. The van der Waals surface area contributed by atoms with Crippen LogP contribution in [0.15, 0.2) is 42.7 Å². The SMILES string of the molecule is CCCc1nc(NC)cc(-c2cncc3ccccc23)n1. The third-order valence-corrected chi connectivity index (χ3v) is 3.45. The summed E-state index contributed by atoms with van der Waals surface area (Å²) >= 11 is 0. The Hall–Kier alpha value is -2.49. The Morgan fingerprint density at radius 3 is 2.76 bits per heavy atom. The highest BCUT2D eigenvalue weighted by Crippen LogP contribution is 2.27. The minimum absolute atomic E-state index is 0.844. The van der Waals surface area contributed by atoms with Crippen LogP contribution in [0.4, 0.5) is 5.82 Å². The summed E-state index contributed by atoms with van der Waals surface area (Å²) in [6.07, 6.45) is 5.66. The average Bonchev–Trinajstić information content (AvgIpc) is 2.54. The van der Waals surface area contributed by atoms with Crippen molar-refractivity contribution in [3.05, 3.63) is 48.5 Å². The van der Waals surface area contributed by atoms with Crippen LogP contribution in [-0.2, 0) is 6.42 Å².